The van der Waals surface area contributed by atoms with Gasteiger partial charge in [0.05, 0.1) is 0 Å². The standard InChI is InChI=1S/C20H35N5.HI/c1-5-21-20(22-11-8-18-7-6-17(4)23-14-18)24-19-9-12-25(13-10-19)15-16(2)3;/h6-7,14,16,19H,5,8-13,15H2,1-4H3,(H2,21,22,24);1H. The summed E-state index contributed by atoms with van der Waals surface area (Å²) < 4.78 is 0. The van der Waals surface area contributed by atoms with Crippen LogP contribution in [0.1, 0.15) is 44.9 Å². The number of likely N-dealkylation sites (tertiary alicyclic amines) is 1. The number of nitrogens with one attached hydrogen (secondary N) is 2. The molecule has 148 valence electrons. The van der Waals surface area contributed by atoms with Gasteiger partial charge in [-0.25, -0.2) is 0 Å². The molecule has 0 atom stereocenters. The average Bonchev–Trinajstić information content (AvgIpc) is 2.58. The summed E-state index contributed by atoms with van der Waals surface area (Å²) in [5, 5.41) is 7.00. The zero-order chi connectivity index (χ0) is 18.1. The Morgan fingerprint density at radius 3 is 2.62 bits per heavy atom. The molecule has 1 saturated heterocycles. The second-order valence-electron chi connectivity index (χ2n) is 7.43. The van der Waals surface area contributed by atoms with Crippen LogP contribution < -0.4 is 10.6 Å². The first-order valence-corrected chi connectivity index (χ1v) is 9.75. The monoisotopic (exact) mass is 473 g/mol. The van der Waals surface area contributed by atoms with Crippen LogP contribution in [0, 0.1) is 12.8 Å². The van der Waals surface area contributed by atoms with Gasteiger partial charge in [-0.05, 0) is 50.7 Å². The first kappa shape index (κ1) is 23.1. The van der Waals surface area contributed by atoms with Gasteiger partial charge in [0, 0.05) is 50.7 Å². The lowest BCUT2D eigenvalue weighted by Gasteiger charge is -2.34. The Bertz CT molecular complexity index is 522. The van der Waals surface area contributed by atoms with E-state index in [1.165, 1.54) is 38.0 Å². The van der Waals surface area contributed by atoms with Crippen molar-refractivity contribution < 1.29 is 0 Å². The highest BCUT2D eigenvalue weighted by Crippen LogP contribution is 2.12. The van der Waals surface area contributed by atoms with Crippen LogP contribution in [0.25, 0.3) is 0 Å². The van der Waals surface area contributed by atoms with Crippen molar-refractivity contribution in [1.29, 1.82) is 0 Å². The smallest absolute Gasteiger partial charge is 0.191 e. The minimum atomic E-state index is 0. The number of aryl methyl sites for hydroxylation is 1. The maximum atomic E-state index is 4.75. The number of piperidine rings is 1. The lowest BCUT2D eigenvalue weighted by Crippen LogP contribution is -2.49. The number of halogens is 1. The molecule has 6 heteroatoms. The zero-order valence-corrected chi connectivity index (χ0v) is 19.1. The SMILES string of the molecule is CCNC(=NCCc1ccc(C)nc1)NC1CCN(CC(C)C)CC1.I. The van der Waals surface area contributed by atoms with Crippen LogP contribution in [0.2, 0.25) is 0 Å². The molecule has 0 aromatic carbocycles. The highest BCUT2D eigenvalue weighted by atomic mass is 127. The van der Waals surface area contributed by atoms with Crippen molar-refractivity contribution in [2.45, 2.75) is 53.0 Å². The van der Waals surface area contributed by atoms with Crippen LogP contribution in [-0.4, -0.2) is 54.6 Å². The van der Waals surface area contributed by atoms with E-state index in [4.69, 9.17) is 4.99 Å². The molecule has 2 rings (SSSR count). The minimum Gasteiger partial charge on any atom is -0.357 e. The number of hydrogen-bond acceptors (Lipinski definition) is 3. The first-order chi connectivity index (χ1) is 12.1. The molecule has 0 amide bonds. The number of aromatic nitrogens is 1. The Labute approximate surface area is 176 Å². The number of hydrogen-bond donors (Lipinski definition) is 2. The van der Waals surface area contributed by atoms with Gasteiger partial charge >= 0.3 is 0 Å². The highest BCUT2D eigenvalue weighted by molar-refractivity contribution is 14.0. The summed E-state index contributed by atoms with van der Waals surface area (Å²) in [6.07, 6.45) is 5.27. The first-order valence-electron chi connectivity index (χ1n) is 9.75. The van der Waals surface area contributed by atoms with Gasteiger partial charge in [-0.3, -0.25) is 9.98 Å². The molecular weight excluding hydrogens is 437 g/mol. The van der Waals surface area contributed by atoms with E-state index < -0.39 is 0 Å². The van der Waals surface area contributed by atoms with E-state index in [2.05, 4.69) is 53.4 Å². The van der Waals surface area contributed by atoms with Crippen LogP contribution in [-0.2, 0) is 6.42 Å². The topological polar surface area (TPSA) is 52.6 Å². The molecule has 0 aliphatic carbocycles. The van der Waals surface area contributed by atoms with Gasteiger partial charge in [0.1, 0.15) is 0 Å². The van der Waals surface area contributed by atoms with E-state index in [1.807, 2.05) is 13.1 Å². The predicted octanol–water partition coefficient (Wildman–Crippen LogP) is 3.23. The quantitative estimate of drug-likeness (QED) is 0.363. The molecule has 0 saturated carbocycles. The van der Waals surface area contributed by atoms with Gasteiger partial charge in [0.25, 0.3) is 0 Å². The Morgan fingerprint density at radius 2 is 2.04 bits per heavy atom. The molecule has 2 N–H and O–H groups in total. The van der Waals surface area contributed by atoms with Gasteiger partial charge in [-0.1, -0.05) is 19.9 Å². The van der Waals surface area contributed by atoms with Crippen LogP contribution in [0.5, 0.6) is 0 Å². The third kappa shape index (κ3) is 8.66. The molecule has 0 spiro atoms. The molecule has 0 bridgehead atoms. The van der Waals surface area contributed by atoms with Crippen molar-refractivity contribution in [3.05, 3.63) is 29.6 Å². The molecule has 1 fully saturated rings. The van der Waals surface area contributed by atoms with Crippen LogP contribution in [0.3, 0.4) is 0 Å². The van der Waals surface area contributed by atoms with Gasteiger partial charge in [0.15, 0.2) is 5.96 Å². The van der Waals surface area contributed by atoms with Crippen LogP contribution in [0.4, 0.5) is 0 Å². The summed E-state index contributed by atoms with van der Waals surface area (Å²) in [5.74, 6) is 1.70. The summed E-state index contributed by atoms with van der Waals surface area (Å²) in [6, 6.07) is 4.73. The van der Waals surface area contributed by atoms with E-state index in [0.717, 1.165) is 37.1 Å². The van der Waals surface area contributed by atoms with E-state index >= 15 is 0 Å². The van der Waals surface area contributed by atoms with Crippen molar-refractivity contribution >= 4 is 29.9 Å². The fraction of sp³-hybridized carbons (Fsp3) is 0.700. The fourth-order valence-corrected chi connectivity index (χ4v) is 3.23. The zero-order valence-electron chi connectivity index (χ0n) is 16.8. The van der Waals surface area contributed by atoms with Crippen molar-refractivity contribution in [2.75, 3.05) is 32.7 Å². The molecule has 5 nitrogen and oxygen atoms in total. The molecular formula is C20H36IN5. The largest absolute Gasteiger partial charge is 0.357 e. The van der Waals surface area contributed by atoms with E-state index in [0.29, 0.717) is 6.04 Å². The normalized spacial score (nSPS) is 16.4. The number of nitrogens with zero attached hydrogens (tertiary/aromatic N) is 3. The Hall–Kier alpha value is -0.890. The van der Waals surface area contributed by atoms with Crippen molar-refractivity contribution in [1.82, 2.24) is 20.5 Å². The fourth-order valence-electron chi connectivity index (χ4n) is 3.23. The number of aliphatic imine (C=N–C) groups is 1. The van der Waals surface area contributed by atoms with Crippen LogP contribution >= 0.6 is 24.0 Å². The summed E-state index contributed by atoms with van der Waals surface area (Å²) in [7, 11) is 0. The molecule has 1 aromatic heterocycles. The molecule has 1 aromatic rings. The van der Waals surface area contributed by atoms with Crippen molar-refractivity contribution in [2.24, 2.45) is 10.9 Å². The third-order valence-corrected chi connectivity index (χ3v) is 4.54. The van der Waals surface area contributed by atoms with Gasteiger partial charge in [-0.2, -0.15) is 0 Å². The van der Waals surface area contributed by atoms with E-state index in [9.17, 15) is 0 Å². The Balaban J connectivity index is 0.00000338. The molecule has 1 aliphatic rings. The number of guanidine groups is 1. The average molecular weight is 473 g/mol. The maximum absolute atomic E-state index is 4.75. The van der Waals surface area contributed by atoms with Crippen molar-refractivity contribution in [3.8, 4) is 0 Å². The summed E-state index contributed by atoms with van der Waals surface area (Å²) in [5.41, 5.74) is 2.30. The third-order valence-electron chi connectivity index (χ3n) is 4.54. The second kappa shape index (κ2) is 12.5. The van der Waals surface area contributed by atoms with Crippen molar-refractivity contribution in [3.63, 3.8) is 0 Å². The maximum Gasteiger partial charge on any atom is 0.191 e. The predicted molar refractivity (Wildman–Crippen MR) is 122 cm³/mol. The molecule has 1 aliphatic heterocycles. The Kier molecular flexibility index (Phi) is 11.1. The highest BCUT2D eigenvalue weighted by Gasteiger charge is 2.20. The van der Waals surface area contributed by atoms with Gasteiger partial charge < -0.3 is 15.5 Å². The Morgan fingerprint density at radius 1 is 1.31 bits per heavy atom. The molecule has 26 heavy (non-hydrogen) atoms. The van der Waals surface area contributed by atoms with Crippen LogP contribution in [0.15, 0.2) is 23.3 Å². The summed E-state index contributed by atoms with van der Waals surface area (Å²) in [4.78, 5) is 11.7. The number of pyridine rings is 1. The minimum absolute atomic E-state index is 0. The molecule has 0 unspecified atom stereocenters. The molecule has 2 heterocycles. The van der Waals surface area contributed by atoms with E-state index in [-0.39, 0.29) is 24.0 Å². The summed E-state index contributed by atoms with van der Waals surface area (Å²) in [6.45, 7) is 14.0. The number of rotatable bonds is 7. The summed E-state index contributed by atoms with van der Waals surface area (Å²) >= 11 is 0. The molecule has 0 radical (unpaired) electrons. The van der Waals surface area contributed by atoms with E-state index in [1.54, 1.807) is 0 Å². The second-order valence-corrected chi connectivity index (χ2v) is 7.43. The van der Waals surface area contributed by atoms with Gasteiger partial charge in [0.2, 0.25) is 0 Å². The lowest BCUT2D eigenvalue weighted by atomic mass is 10.0. The lowest BCUT2D eigenvalue weighted by molar-refractivity contribution is 0.187. The van der Waals surface area contributed by atoms with Gasteiger partial charge in [-0.15, -0.1) is 24.0 Å².